The molecule has 0 amide bonds. The molecule has 0 bridgehead atoms. The lowest BCUT2D eigenvalue weighted by molar-refractivity contribution is 0.151. The van der Waals surface area contributed by atoms with Crippen LogP contribution in [0.15, 0.2) is 24.3 Å². The standard InChI is InChI=1S/C14H20F2N2O2S/c1-18(12-6-7-21(19,20)9-12)13(8-17)10-2-4-11(5-3-10)14(15)16/h2-5,12-14H,6-9,17H2,1H3. The molecule has 1 saturated heterocycles. The van der Waals surface area contributed by atoms with Gasteiger partial charge in [0.2, 0.25) is 0 Å². The molecule has 2 N–H and O–H groups in total. The second-order valence-corrected chi connectivity index (χ2v) is 7.67. The van der Waals surface area contributed by atoms with E-state index in [1.54, 1.807) is 12.1 Å². The van der Waals surface area contributed by atoms with Gasteiger partial charge in [0.25, 0.3) is 6.43 Å². The Morgan fingerprint density at radius 1 is 1.29 bits per heavy atom. The maximum absolute atomic E-state index is 12.6. The van der Waals surface area contributed by atoms with E-state index in [1.807, 2.05) is 11.9 Å². The Morgan fingerprint density at radius 3 is 2.29 bits per heavy atom. The summed E-state index contributed by atoms with van der Waals surface area (Å²) in [6.45, 7) is 0.307. The molecular formula is C14H20F2N2O2S. The van der Waals surface area contributed by atoms with E-state index in [9.17, 15) is 17.2 Å². The molecule has 1 aliphatic heterocycles. The molecule has 0 saturated carbocycles. The van der Waals surface area contributed by atoms with E-state index in [-0.39, 0.29) is 29.2 Å². The van der Waals surface area contributed by atoms with Gasteiger partial charge in [0, 0.05) is 24.2 Å². The van der Waals surface area contributed by atoms with Crippen LogP contribution in [0.5, 0.6) is 0 Å². The summed E-state index contributed by atoms with van der Waals surface area (Å²) in [5.74, 6) is 0.332. The van der Waals surface area contributed by atoms with E-state index in [2.05, 4.69) is 0 Å². The Labute approximate surface area is 123 Å². The monoisotopic (exact) mass is 318 g/mol. The Hall–Kier alpha value is -1.05. The first kappa shape index (κ1) is 16.3. The van der Waals surface area contributed by atoms with Crippen LogP contribution in [0.25, 0.3) is 0 Å². The van der Waals surface area contributed by atoms with Crippen LogP contribution in [0.4, 0.5) is 8.78 Å². The molecule has 0 radical (unpaired) electrons. The van der Waals surface area contributed by atoms with Gasteiger partial charge >= 0.3 is 0 Å². The zero-order valence-corrected chi connectivity index (χ0v) is 12.7. The smallest absolute Gasteiger partial charge is 0.263 e. The van der Waals surface area contributed by atoms with E-state index in [1.165, 1.54) is 12.1 Å². The van der Waals surface area contributed by atoms with Crippen LogP contribution >= 0.6 is 0 Å². The number of hydrogen-bond acceptors (Lipinski definition) is 4. The predicted octanol–water partition coefficient (Wildman–Crippen LogP) is 1.74. The number of nitrogens with zero attached hydrogens (tertiary/aromatic N) is 1. The highest BCUT2D eigenvalue weighted by Gasteiger charge is 2.33. The van der Waals surface area contributed by atoms with Crippen molar-refractivity contribution in [3.63, 3.8) is 0 Å². The molecular weight excluding hydrogens is 298 g/mol. The third-order valence-corrected chi connectivity index (χ3v) is 5.82. The maximum atomic E-state index is 12.6. The summed E-state index contributed by atoms with van der Waals surface area (Å²) in [5, 5.41) is 0. The van der Waals surface area contributed by atoms with Crippen molar-refractivity contribution < 1.29 is 17.2 Å². The SMILES string of the molecule is CN(C1CCS(=O)(=O)C1)C(CN)c1ccc(C(F)F)cc1. The fourth-order valence-electron chi connectivity index (χ4n) is 2.75. The topological polar surface area (TPSA) is 63.4 Å². The van der Waals surface area contributed by atoms with Crippen LogP contribution in [0.3, 0.4) is 0 Å². The summed E-state index contributed by atoms with van der Waals surface area (Å²) in [6.07, 6.45) is -1.90. The average Bonchev–Trinajstić information content (AvgIpc) is 2.80. The van der Waals surface area contributed by atoms with Gasteiger partial charge in [-0.25, -0.2) is 17.2 Å². The van der Waals surface area contributed by atoms with Crippen molar-refractivity contribution in [3.8, 4) is 0 Å². The number of alkyl halides is 2. The first-order chi connectivity index (χ1) is 9.84. The summed E-state index contributed by atoms with van der Waals surface area (Å²) >= 11 is 0. The van der Waals surface area contributed by atoms with Gasteiger partial charge in [0.05, 0.1) is 11.5 Å². The van der Waals surface area contributed by atoms with Crippen LogP contribution in [-0.4, -0.2) is 44.5 Å². The molecule has 2 atom stereocenters. The number of rotatable bonds is 5. The van der Waals surface area contributed by atoms with Crippen molar-refractivity contribution >= 4 is 9.84 Å². The maximum Gasteiger partial charge on any atom is 0.263 e. The Kier molecular flexibility index (Phi) is 4.95. The summed E-state index contributed by atoms with van der Waals surface area (Å²) in [7, 11) is -1.13. The molecule has 0 aliphatic carbocycles. The molecule has 0 aromatic heterocycles. The Balaban J connectivity index is 2.15. The minimum absolute atomic E-state index is 0.0272. The molecule has 4 nitrogen and oxygen atoms in total. The highest BCUT2D eigenvalue weighted by Crippen LogP contribution is 2.27. The lowest BCUT2D eigenvalue weighted by Crippen LogP contribution is -2.39. The van der Waals surface area contributed by atoms with E-state index < -0.39 is 16.3 Å². The normalized spacial score (nSPS) is 22.9. The number of benzene rings is 1. The van der Waals surface area contributed by atoms with Crippen LogP contribution in [0.2, 0.25) is 0 Å². The van der Waals surface area contributed by atoms with Crippen molar-refractivity contribution in [2.24, 2.45) is 5.73 Å². The number of sulfone groups is 1. The fourth-order valence-corrected chi connectivity index (χ4v) is 4.54. The summed E-state index contributed by atoms with van der Waals surface area (Å²) in [4.78, 5) is 1.95. The van der Waals surface area contributed by atoms with E-state index in [0.29, 0.717) is 13.0 Å². The molecule has 1 aromatic rings. The lowest BCUT2D eigenvalue weighted by Gasteiger charge is -2.32. The fraction of sp³-hybridized carbons (Fsp3) is 0.571. The van der Waals surface area contributed by atoms with Gasteiger partial charge in [-0.1, -0.05) is 24.3 Å². The molecule has 118 valence electrons. The quantitative estimate of drug-likeness (QED) is 0.898. The number of halogens is 2. The molecule has 1 fully saturated rings. The van der Waals surface area contributed by atoms with E-state index in [4.69, 9.17) is 5.73 Å². The lowest BCUT2D eigenvalue weighted by atomic mass is 10.0. The number of hydrogen-bond donors (Lipinski definition) is 1. The molecule has 1 aliphatic rings. The van der Waals surface area contributed by atoms with Crippen molar-refractivity contribution in [2.75, 3.05) is 25.1 Å². The predicted molar refractivity (Wildman–Crippen MR) is 78.0 cm³/mol. The van der Waals surface area contributed by atoms with Gasteiger partial charge in [0.1, 0.15) is 0 Å². The Morgan fingerprint density at radius 2 is 1.86 bits per heavy atom. The van der Waals surface area contributed by atoms with Crippen LogP contribution < -0.4 is 5.73 Å². The highest BCUT2D eigenvalue weighted by atomic mass is 32.2. The minimum atomic E-state index is -2.96. The summed E-state index contributed by atoms with van der Waals surface area (Å²) in [6, 6.07) is 5.81. The molecule has 2 unspecified atom stereocenters. The van der Waals surface area contributed by atoms with Crippen LogP contribution in [0.1, 0.15) is 30.0 Å². The van der Waals surface area contributed by atoms with Crippen LogP contribution in [0, 0.1) is 0 Å². The van der Waals surface area contributed by atoms with Gasteiger partial charge in [-0.2, -0.15) is 0 Å². The van der Waals surface area contributed by atoms with Gasteiger partial charge in [0.15, 0.2) is 9.84 Å². The molecule has 2 rings (SSSR count). The zero-order valence-electron chi connectivity index (χ0n) is 11.9. The first-order valence-electron chi connectivity index (χ1n) is 6.84. The summed E-state index contributed by atoms with van der Waals surface area (Å²) in [5.41, 5.74) is 6.60. The molecule has 7 heteroatoms. The van der Waals surface area contributed by atoms with Gasteiger partial charge in [-0.15, -0.1) is 0 Å². The van der Waals surface area contributed by atoms with Crippen LogP contribution in [-0.2, 0) is 9.84 Å². The third-order valence-electron chi connectivity index (χ3n) is 4.07. The molecule has 0 spiro atoms. The van der Waals surface area contributed by atoms with Gasteiger partial charge in [-0.05, 0) is 19.0 Å². The second-order valence-electron chi connectivity index (χ2n) is 5.44. The Bertz CT molecular complexity index is 575. The van der Waals surface area contributed by atoms with Crippen molar-refractivity contribution in [1.29, 1.82) is 0 Å². The first-order valence-corrected chi connectivity index (χ1v) is 8.66. The number of nitrogens with two attached hydrogens (primary N) is 1. The minimum Gasteiger partial charge on any atom is -0.329 e. The molecule has 1 heterocycles. The van der Waals surface area contributed by atoms with Gasteiger partial charge < -0.3 is 5.73 Å². The largest absolute Gasteiger partial charge is 0.329 e. The zero-order chi connectivity index (χ0) is 15.6. The van der Waals surface area contributed by atoms with E-state index in [0.717, 1.165) is 5.56 Å². The average molecular weight is 318 g/mol. The van der Waals surface area contributed by atoms with Gasteiger partial charge in [-0.3, -0.25) is 4.90 Å². The van der Waals surface area contributed by atoms with E-state index >= 15 is 0 Å². The van der Waals surface area contributed by atoms with Crippen molar-refractivity contribution in [2.45, 2.75) is 24.9 Å². The van der Waals surface area contributed by atoms with Crippen molar-refractivity contribution in [1.82, 2.24) is 4.90 Å². The highest BCUT2D eigenvalue weighted by molar-refractivity contribution is 7.91. The third kappa shape index (κ3) is 3.78. The summed E-state index contributed by atoms with van der Waals surface area (Å²) < 4.78 is 48.3. The number of likely N-dealkylation sites (N-methyl/N-ethyl adjacent to an activating group) is 1. The molecule has 21 heavy (non-hydrogen) atoms. The second kappa shape index (κ2) is 6.37. The molecule has 1 aromatic carbocycles. The van der Waals surface area contributed by atoms with Crippen molar-refractivity contribution in [3.05, 3.63) is 35.4 Å².